The monoisotopic (exact) mass is 895 g/mol. The lowest BCUT2D eigenvalue weighted by molar-refractivity contribution is -0.369. The van der Waals surface area contributed by atoms with E-state index in [2.05, 4.69) is 59.1 Å². The van der Waals surface area contributed by atoms with Crippen molar-refractivity contribution in [2.75, 3.05) is 32.9 Å². The molecule has 2 heterocycles. The first-order chi connectivity index (χ1) is 29.5. The Morgan fingerprint density at radius 1 is 0.714 bits per heavy atom. The number of hydrogen-bond acceptors (Lipinski definition) is 15. The van der Waals surface area contributed by atoms with E-state index in [1.54, 1.807) is 0 Å². The minimum Gasteiger partial charge on any atom is -0.396 e. The fraction of sp³-hybridized carbons (Fsp3) is 0.891. The smallest absolute Gasteiger partial charge is 0.252 e. The van der Waals surface area contributed by atoms with Gasteiger partial charge in [-0.15, -0.1) is 0 Å². The molecule has 5 aliphatic carbocycles. The number of allylic oxidation sites excluding steroid dienone is 2. The van der Waals surface area contributed by atoms with Crippen LogP contribution < -0.4 is 10.6 Å². The van der Waals surface area contributed by atoms with Gasteiger partial charge in [-0.2, -0.15) is 0 Å². The second-order valence-corrected chi connectivity index (χ2v) is 22.1. The van der Waals surface area contributed by atoms with Crippen LogP contribution in [0, 0.1) is 50.2 Å². The van der Waals surface area contributed by atoms with Gasteiger partial charge in [-0.1, -0.05) is 54.0 Å². The van der Waals surface area contributed by atoms with Crippen molar-refractivity contribution in [2.45, 2.75) is 174 Å². The van der Waals surface area contributed by atoms with Crippen LogP contribution in [0.2, 0.25) is 0 Å². The lowest BCUT2D eigenvalue weighted by Crippen LogP contribution is -2.68. The number of aliphatic hydroxyl groups is 8. The van der Waals surface area contributed by atoms with E-state index < -0.39 is 103 Å². The van der Waals surface area contributed by atoms with Gasteiger partial charge in [0.1, 0.15) is 36.6 Å². The maximum atomic E-state index is 15.0. The number of nitrogens with one attached hydrogen (secondary N) is 2. The van der Waals surface area contributed by atoms with Crippen LogP contribution in [0.1, 0.15) is 106 Å². The molecular weight excluding hydrogens is 821 g/mol. The Labute approximate surface area is 370 Å². The standard InChI is InChI=1S/C46H74N2O15/c1-41(2)26-8-11-46(7)36(25(52)20-23-24-21-42(3,22-51)12-13-43(24,4)14-15-45(23,46)6)44(26,5)10-9-27(41)60-40-35(31(56)30(55)34(62-40)38(59)48-17-19-50)63-39-32(57)28(53)29(54)33(61-39)37(58)47-16-18-49/h20,24,26-36,39-40,49-51,53-57H,8-19,21-22H2,1-7H3,(H,47,58)(H,48,59)/t24-,26-,27-,28-,29-,30-,31-,32+,33-,34-,35+,36+,39-,40+,42-,43+,44-,45+,46+/m0/s1. The molecule has 17 heteroatoms. The second-order valence-electron chi connectivity index (χ2n) is 22.1. The van der Waals surface area contributed by atoms with Crippen LogP contribution in [-0.4, -0.2) is 159 Å². The van der Waals surface area contributed by atoms with Gasteiger partial charge in [0.05, 0.1) is 19.3 Å². The molecule has 7 rings (SSSR count). The lowest BCUT2D eigenvalue weighted by atomic mass is 9.33. The van der Waals surface area contributed by atoms with Gasteiger partial charge in [0, 0.05) is 25.6 Å². The second kappa shape index (κ2) is 17.5. The zero-order chi connectivity index (χ0) is 46.2. The van der Waals surface area contributed by atoms with Crippen molar-refractivity contribution in [3.05, 3.63) is 11.6 Å². The minimum atomic E-state index is -1.96. The Bertz CT molecular complexity index is 1760. The van der Waals surface area contributed by atoms with Crippen molar-refractivity contribution >= 4 is 17.6 Å². The Hall–Kier alpha value is -2.13. The zero-order valence-electron chi connectivity index (χ0n) is 38.0. The number of fused-ring (bicyclic) bond motifs is 7. The predicted molar refractivity (Wildman–Crippen MR) is 224 cm³/mol. The molecule has 17 nitrogen and oxygen atoms in total. The third-order valence-corrected chi connectivity index (χ3v) is 18.0. The van der Waals surface area contributed by atoms with Crippen LogP contribution in [0.25, 0.3) is 0 Å². The molecule has 2 saturated heterocycles. The molecule has 10 N–H and O–H groups in total. The van der Waals surface area contributed by atoms with Crippen molar-refractivity contribution < 1.29 is 74.2 Å². The summed E-state index contributed by atoms with van der Waals surface area (Å²) in [4.78, 5) is 41.1. The highest BCUT2D eigenvalue weighted by Crippen LogP contribution is 2.75. The molecule has 0 radical (unpaired) electrons. The van der Waals surface area contributed by atoms with E-state index in [9.17, 15) is 55.2 Å². The van der Waals surface area contributed by atoms with Crippen LogP contribution in [0.5, 0.6) is 0 Å². The molecule has 6 fully saturated rings. The highest BCUT2D eigenvalue weighted by atomic mass is 16.8. The molecule has 0 aromatic heterocycles. The largest absolute Gasteiger partial charge is 0.396 e. The molecule has 4 saturated carbocycles. The predicted octanol–water partition coefficient (Wildman–Crippen LogP) is 0.201. The van der Waals surface area contributed by atoms with Crippen molar-refractivity contribution in [3.63, 3.8) is 0 Å². The number of amides is 2. The molecule has 63 heavy (non-hydrogen) atoms. The SMILES string of the molecule is CC1(C)[C@@H](O[C@@H]2O[C@H](C(=O)NCCO)[C@@H](O)[C@H](O)[C@H]2O[C@@H]2O[C@H](C(=O)NCCO)[C@@H](O)[C@H](O)[C@H]2O)CC[C@]2(C)[C@H]3C(=O)C=C4[C@@H]5C[C@@](C)(CO)CC[C@]5(C)CC[C@@]4(C)[C@]3(C)CC[C@@H]12. The number of ketones is 1. The highest BCUT2D eigenvalue weighted by Gasteiger charge is 2.70. The Morgan fingerprint density at radius 3 is 1.90 bits per heavy atom. The van der Waals surface area contributed by atoms with E-state index in [0.717, 1.165) is 44.9 Å². The van der Waals surface area contributed by atoms with E-state index in [0.29, 0.717) is 12.8 Å². The lowest BCUT2D eigenvalue weighted by Gasteiger charge is -2.70. The van der Waals surface area contributed by atoms with E-state index in [-0.39, 0.29) is 64.9 Å². The van der Waals surface area contributed by atoms with Crippen LogP contribution in [-0.2, 0) is 33.3 Å². The van der Waals surface area contributed by atoms with Gasteiger partial charge in [-0.3, -0.25) is 14.4 Å². The molecule has 2 aliphatic heterocycles. The summed E-state index contributed by atoms with van der Waals surface area (Å²) in [7, 11) is 0. The molecule has 0 aromatic carbocycles. The first-order valence-electron chi connectivity index (χ1n) is 23.1. The maximum Gasteiger partial charge on any atom is 0.252 e. The van der Waals surface area contributed by atoms with E-state index in [4.69, 9.17) is 18.9 Å². The fourth-order valence-electron chi connectivity index (χ4n) is 14.0. The minimum absolute atomic E-state index is 0.0361. The molecular formula is C46H74N2O15. The van der Waals surface area contributed by atoms with Crippen LogP contribution in [0.3, 0.4) is 0 Å². The summed E-state index contributed by atoms with van der Waals surface area (Å²) in [6, 6.07) is 0. The topological polar surface area (TPSA) is 274 Å². The first kappa shape index (κ1) is 48.8. The van der Waals surface area contributed by atoms with Crippen molar-refractivity contribution in [3.8, 4) is 0 Å². The van der Waals surface area contributed by atoms with Gasteiger partial charge in [0.15, 0.2) is 30.6 Å². The number of carbonyl (C=O) groups excluding carboxylic acids is 3. The third-order valence-electron chi connectivity index (χ3n) is 18.0. The van der Waals surface area contributed by atoms with E-state index >= 15 is 0 Å². The average Bonchev–Trinajstić information content (AvgIpc) is 3.23. The number of rotatable bonds is 11. The summed E-state index contributed by atoms with van der Waals surface area (Å²) >= 11 is 0. The molecule has 2 amide bonds. The van der Waals surface area contributed by atoms with Crippen LogP contribution in [0.4, 0.5) is 0 Å². The molecule has 0 bridgehead atoms. The number of hydrogen-bond donors (Lipinski definition) is 10. The van der Waals surface area contributed by atoms with E-state index in [1.807, 2.05) is 6.08 Å². The molecule has 19 atom stereocenters. The summed E-state index contributed by atoms with van der Waals surface area (Å²) in [6.07, 6.45) is -9.33. The maximum absolute atomic E-state index is 15.0. The van der Waals surface area contributed by atoms with Gasteiger partial charge in [0.25, 0.3) is 11.8 Å². The highest BCUT2D eigenvalue weighted by molar-refractivity contribution is 5.95. The van der Waals surface area contributed by atoms with Crippen LogP contribution in [0.15, 0.2) is 11.6 Å². The average molecular weight is 895 g/mol. The third kappa shape index (κ3) is 7.94. The van der Waals surface area contributed by atoms with Gasteiger partial charge in [0.2, 0.25) is 0 Å². The van der Waals surface area contributed by atoms with Gasteiger partial charge in [-0.05, 0) is 108 Å². The fourth-order valence-corrected chi connectivity index (χ4v) is 14.0. The zero-order valence-corrected chi connectivity index (χ0v) is 38.0. The van der Waals surface area contributed by atoms with Crippen molar-refractivity contribution in [1.82, 2.24) is 10.6 Å². The summed E-state index contributed by atoms with van der Waals surface area (Å²) in [6.45, 7) is 14.6. The number of aliphatic hydroxyl groups excluding tert-OH is 8. The summed E-state index contributed by atoms with van der Waals surface area (Å²) < 4.78 is 24.6. The number of ether oxygens (including phenoxy) is 4. The molecule has 0 aromatic rings. The van der Waals surface area contributed by atoms with Crippen molar-refractivity contribution in [1.29, 1.82) is 0 Å². The Morgan fingerprint density at radius 2 is 1.30 bits per heavy atom. The van der Waals surface area contributed by atoms with Gasteiger partial charge < -0.3 is 70.4 Å². The van der Waals surface area contributed by atoms with Gasteiger partial charge in [-0.25, -0.2) is 0 Å². The molecule has 0 unspecified atom stereocenters. The Kier molecular flexibility index (Phi) is 13.6. The normalized spacial score (nSPS) is 49.3. The molecule has 0 spiro atoms. The first-order valence-corrected chi connectivity index (χ1v) is 23.1. The number of carbonyl (C=O) groups is 3. The van der Waals surface area contributed by atoms with E-state index in [1.165, 1.54) is 5.57 Å². The molecule has 7 aliphatic rings. The van der Waals surface area contributed by atoms with Crippen LogP contribution >= 0.6 is 0 Å². The quantitative estimate of drug-likeness (QED) is 0.124. The van der Waals surface area contributed by atoms with Gasteiger partial charge >= 0.3 is 0 Å². The summed E-state index contributed by atoms with van der Waals surface area (Å²) in [5, 5.41) is 89.0. The summed E-state index contributed by atoms with van der Waals surface area (Å²) in [5.41, 5.74) is -0.478. The molecule has 358 valence electrons. The summed E-state index contributed by atoms with van der Waals surface area (Å²) in [5.74, 6) is -1.70. The van der Waals surface area contributed by atoms with Crippen molar-refractivity contribution in [2.24, 2.45) is 50.2 Å². The Balaban J connectivity index is 1.17.